The van der Waals surface area contributed by atoms with Gasteiger partial charge in [-0.15, -0.1) is 0 Å². The predicted molar refractivity (Wildman–Crippen MR) is 86.6 cm³/mol. The number of aromatic nitrogens is 2. The lowest BCUT2D eigenvalue weighted by Gasteiger charge is -2.32. The zero-order valence-corrected chi connectivity index (χ0v) is 13.7. The summed E-state index contributed by atoms with van der Waals surface area (Å²) in [5.41, 5.74) is 0.674. The molecule has 124 valence electrons. The highest BCUT2D eigenvalue weighted by molar-refractivity contribution is 5.94. The van der Waals surface area contributed by atoms with Crippen molar-refractivity contribution >= 4 is 5.91 Å². The van der Waals surface area contributed by atoms with Crippen LogP contribution in [0.4, 0.5) is 0 Å². The van der Waals surface area contributed by atoms with E-state index in [0.29, 0.717) is 11.4 Å². The van der Waals surface area contributed by atoms with Crippen LogP contribution in [0, 0.1) is 5.41 Å². The molecule has 3 N–H and O–H groups in total. The predicted octanol–water partition coefficient (Wildman–Crippen LogP) is 1.40. The molecule has 1 atom stereocenters. The maximum atomic E-state index is 12.5. The highest BCUT2D eigenvalue weighted by Crippen LogP contribution is 2.32. The number of imidazole rings is 1. The standard InChI is InChI=1S/C17H23N3O3/c1-17(2,11-22)14(15-18-8-9-20(15)3)19-16(23)13-6-4-12(10-21)5-7-13/h4-9,14,21-22H,10-11H2,1-3H3,(H,19,23). The first-order chi connectivity index (χ1) is 10.9. The molecule has 2 rings (SSSR count). The second kappa shape index (κ2) is 6.93. The van der Waals surface area contributed by atoms with Crippen molar-refractivity contribution < 1.29 is 15.0 Å². The number of aryl methyl sites for hydroxylation is 1. The smallest absolute Gasteiger partial charge is 0.251 e. The van der Waals surface area contributed by atoms with Crippen LogP contribution < -0.4 is 5.32 Å². The second-order valence-electron chi connectivity index (χ2n) is 6.30. The first-order valence-corrected chi connectivity index (χ1v) is 7.48. The number of hydrogen-bond acceptors (Lipinski definition) is 4. The summed E-state index contributed by atoms with van der Waals surface area (Å²) in [6, 6.07) is 6.33. The summed E-state index contributed by atoms with van der Waals surface area (Å²) in [5, 5.41) is 21.7. The number of nitrogens with one attached hydrogen (secondary N) is 1. The van der Waals surface area contributed by atoms with Gasteiger partial charge in [0.1, 0.15) is 5.82 Å². The third kappa shape index (κ3) is 3.78. The molecule has 1 aromatic heterocycles. The number of nitrogens with zero attached hydrogens (tertiary/aromatic N) is 2. The van der Waals surface area contributed by atoms with E-state index in [-0.39, 0.29) is 19.1 Å². The number of benzene rings is 1. The van der Waals surface area contributed by atoms with E-state index >= 15 is 0 Å². The Bertz CT molecular complexity index is 662. The van der Waals surface area contributed by atoms with Gasteiger partial charge in [-0.3, -0.25) is 4.79 Å². The summed E-state index contributed by atoms with van der Waals surface area (Å²) in [6.45, 7) is 3.60. The fourth-order valence-electron chi connectivity index (χ4n) is 2.33. The van der Waals surface area contributed by atoms with E-state index < -0.39 is 11.5 Å². The third-order valence-corrected chi connectivity index (χ3v) is 3.98. The minimum Gasteiger partial charge on any atom is -0.396 e. The summed E-state index contributed by atoms with van der Waals surface area (Å²) in [4.78, 5) is 16.8. The largest absolute Gasteiger partial charge is 0.396 e. The lowest BCUT2D eigenvalue weighted by Crippen LogP contribution is -2.41. The number of aliphatic hydroxyl groups excluding tert-OH is 2. The Morgan fingerprint density at radius 3 is 2.43 bits per heavy atom. The molecule has 1 aromatic carbocycles. The molecule has 0 aliphatic rings. The molecule has 23 heavy (non-hydrogen) atoms. The maximum absolute atomic E-state index is 12.5. The summed E-state index contributed by atoms with van der Waals surface area (Å²) in [7, 11) is 1.85. The van der Waals surface area contributed by atoms with Gasteiger partial charge in [0.2, 0.25) is 0 Å². The lowest BCUT2D eigenvalue weighted by molar-refractivity contribution is 0.0790. The molecule has 1 amide bonds. The minimum absolute atomic E-state index is 0.0602. The average Bonchev–Trinajstić information content (AvgIpc) is 2.98. The van der Waals surface area contributed by atoms with Crippen molar-refractivity contribution in [2.45, 2.75) is 26.5 Å². The minimum atomic E-state index is -0.570. The van der Waals surface area contributed by atoms with Crippen molar-refractivity contribution in [1.29, 1.82) is 0 Å². The second-order valence-corrected chi connectivity index (χ2v) is 6.30. The normalized spacial score (nSPS) is 12.9. The Balaban J connectivity index is 2.27. The lowest BCUT2D eigenvalue weighted by atomic mass is 9.84. The Morgan fingerprint density at radius 2 is 1.96 bits per heavy atom. The van der Waals surface area contributed by atoms with E-state index in [1.807, 2.05) is 25.5 Å². The molecular weight excluding hydrogens is 294 g/mol. The molecule has 2 aromatic rings. The van der Waals surface area contributed by atoms with Gasteiger partial charge < -0.3 is 20.1 Å². The molecule has 0 spiro atoms. The number of carbonyl (C=O) groups excluding carboxylic acids is 1. The molecule has 6 heteroatoms. The molecule has 0 aliphatic carbocycles. The van der Waals surface area contributed by atoms with Gasteiger partial charge in [-0.05, 0) is 17.7 Å². The molecule has 6 nitrogen and oxygen atoms in total. The van der Waals surface area contributed by atoms with Gasteiger partial charge in [0.05, 0.1) is 19.3 Å². The van der Waals surface area contributed by atoms with Gasteiger partial charge >= 0.3 is 0 Å². The number of amides is 1. The molecule has 0 aliphatic heterocycles. The van der Waals surface area contributed by atoms with Gasteiger partial charge in [-0.2, -0.15) is 0 Å². The van der Waals surface area contributed by atoms with Crippen LogP contribution in [-0.4, -0.2) is 32.3 Å². The summed E-state index contributed by atoms with van der Waals surface area (Å²) in [6.07, 6.45) is 3.47. The first-order valence-electron chi connectivity index (χ1n) is 7.48. The zero-order valence-electron chi connectivity index (χ0n) is 13.7. The van der Waals surface area contributed by atoms with Crippen molar-refractivity contribution in [2.75, 3.05) is 6.61 Å². The number of rotatable bonds is 6. The van der Waals surface area contributed by atoms with E-state index in [9.17, 15) is 9.90 Å². The van der Waals surface area contributed by atoms with Gasteiger partial charge in [0, 0.05) is 30.4 Å². The van der Waals surface area contributed by atoms with Crippen molar-refractivity contribution in [1.82, 2.24) is 14.9 Å². The van der Waals surface area contributed by atoms with E-state index in [1.54, 1.807) is 36.7 Å². The molecule has 0 saturated heterocycles. The van der Waals surface area contributed by atoms with Gasteiger partial charge in [0.25, 0.3) is 5.91 Å². The number of carbonyl (C=O) groups is 1. The fraction of sp³-hybridized carbons (Fsp3) is 0.412. The quantitative estimate of drug-likeness (QED) is 0.751. The molecule has 0 saturated carbocycles. The van der Waals surface area contributed by atoms with Crippen molar-refractivity contribution in [3.8, 4) is 0 Å². The Hall–Kier alpha value is -2.18. The van der Waals surface area contributed by atoms with E-state index in [4.69, 9.17) is 5.11 Å². The van der Waals surface area contributed by atoms with Gasteiger partial charge in [-0.1, -0.05) is 26.0 Å². The van der Waals surface area contributed by atoms with Crippen molar-refractivity contribution in [3.05, 3.63) is 53.6 Å². The molecule has 1 unspecified atom stereocenters. The van der Waals surface area contributed by atoms with Crippen LogP contribution >= 0.6 is 0 Å². The van der Waals surface area contributed by atoms with Crippen LogP contribution in [0.2, 0.25) is 0 Å². The van der Waals surface area contributed by atoms with Crippen LogP contribution in [0.3, 0.4) is 0 Å². The monoisotopic (exact) mass is 317 g/mol. The highest BCUT2D eigenvalue weighted by atomic mass is 16.3. The van der Waals surface area contributed by atoms with Crippen molar-refractivity contribution in [2.24, 2.45) is 12.5 Å². The Kier molecular flexibility index (Phi) is 5.18. The molecule has 0 bridgehead atoms. The van der Waals surface area contributed by atoms with Crippen LogP contribution in [0.5, 0.6) is 0 Å². The van der Waals surface area contributed by atoms with Gasteiger partial charge in [-0.25, -0.2) is 4.98 Å². The van der Waals surface area contributed by atoms with Crippen LogP contribution in [0.25, 0.3) is 0 Å². The number of aliphatic hydroxyl groups is 2. The topological polar surface area (TPSA) is 87.4 Å². The maximum Gasteiger partial charge on any atom is 0.251 e. The molecule has 1 heterocycles. The summed E-state index contributed by atoms with van der Waals surface area (Å²) >= 11 is 0. The summed E-state index contributed by atoms with van der Waals surface area (Å²) < 4.78 is 1.83. The molecular formula is C17H23N3O3. The van der Waals surface area contributed by atoms with E-state index in [1.165, 1.54) is 0 Å². The fourth-order valence-corrected chi connectivity index (χ4v) is 2.33. The SMILES string of the molecule is Cn1ccnc1C(NC(=O)c1ccc(CO)cc1)C(C)(C)CO. The van der Waals surface area contributed by atoms with E-state index in [0.717, 1.165) is 5.56 Å². The first kappa shape index (κ1) is 17.2. The summed E-state index contributed by atoms with van der Waals surface area (Å²) in [5.74, 6) is 0.438. The van der Waals surface area contributed by atoms with E-state index in [2.05, 4.69) is 10.3 Å². The van der Waals surface area contributed by atoms with Crippen LogP contribution in [0.1, 0.15) is 41.6 Å². The van der Waals surface area contributed by atoms with Crippen LogP contribution in [0.15, 0.2) is 36.7 Å². The highest BCUT2D eigenvalue weighted by Gasteiger charge is 2.34. The van der Waals surface area contributed by atoms with Crippen molar-refractivity contribution in [3.63, 3.8) is 0 Å². The Labute approximate surface area is 135 Å². The molecule has 0 radical (unpaired) electrons. The zero-order chi connectivity index (χ0) is 17.0. The Morgan fingerprint density at radius 1 is 1.30 bits per heavy atom. The number of hydrogen-bond donors (Lipinski definition) is 3. The third-order valence-electron chi connectivity index (χ3n) is 3.98. The molecule has 0 fully saturated rings. The van der Waals surface area contributed by atoms with Crippen LogP contribution in [-0.2, 0) is 13.7 Å². The average molecular weight is 317 g/mol. The van der Waals surface area contributed by atoms with Gasteiger partial charge in [0.15, 0.2) is 0 Å².